The third kappa shape index (κ3) is 4.19. The molecule has 3 aromatic heterocycles. The van der Waals surface area contributed by atoms with Gasteiger partial charge in [-0.15, -0.1) is 0 Å². The maximum absolute atomic E-state index is 12.4. The molecular weight excluding hydrogens is 414 g/mol. The Hall–Kier alpha value is -3.91. The number of pyridine rings is 1. The number of carbonyl (C=O) groups is 1. The first-order chi connectivity index (χ1) is 15.1. The maximum atomic E-state index is 12.4. The topological polar surface area (TPSA) is 77.7 Å². The average Bonchev–Trinajstić information content (AvgIpc) is 3.36. The van der Waals surface area contributed by atoms with Crippen LogP contribution >= 0.6 is 11.3 Å². The molecule has 7 nitrogen and oxygen atoms in total. The number of hydrogen-bond donors (Lipinski definition) is 0. The fourth-order valence-electron chi connectivity index (χ4n) is 3.09. The molecule has 154 valence electrons. The standard InChI is InChI=1S/C23H17N3O4S/c1-26(14-15-6-3-2-4-7-15)23(27)30-20-13-16-12-17(9-10-18(16)29-20)28-22-25-21-19(31-22)8-5-11-24-21/h2-13H,14H2,1H3. The highest BCUT2D eigenvalue weighted by Gasteiger charge is 2.15. The summed E-state index contributed by atoms with van der Waals surface area (Å²) in [5.41, 5.74) is 2.26. The van der Waals surface area contributed by atoms with Gasteiger partial charge in [-0.25, -0.2) is 9.78 Å². The highest BCUT2D eigenvalue weighted by molar-refractivity contribution is 7.20. The minimum absolute atomic E-state index is 0.126. The van der Waals surface area contributed by atoms with E-state index in [1.54, 1.807) is 31.4 Å². The molecule has 0 saturated heterocycles. The molecule has 0 fully saturated rings. The second-order valence-corrected chi connectivity index (χ2v) is 7.87. The van der Waals surface area contributed by atoms with Gasteiger partial charge in [-0.1, -0.05) is 41.7 Å². The fourth-order valence-corrected chi connectivity index (χ4v) is 3.88. The fraction of sp³-hybridized carbons (Fsp3) is 0.0870. The van der Waals surface area contributed by atoms with Gasteiger partial charge in [-0.2, -0.15) is 4.98 Å². The van der Waals surface area contributed by atoms with Crippen LogP contribution in [0.2, 0.25) is 0 Å². The van der Waals surface area contributed by atoms with Crippen molar-refractivity contribution in [2.75, 3.05) is 7.05 Å². The van der Waals surface area contributed by atoms with Crippen molar-refractivity contribution in [2.24, 2.45) is 0 Å². The molecule has 0 unspecified atom stereocenters. The number of fused-ring (bicyclic) bond motifs is 2. The van der Waals surface area contributed by atoms with Crippen LogP contribution in [0.4, 0.5) is 4.79 Å². The molecule has 3 heterocycles. The summed E-state index contributed by atoms with van der Waals surface area (Å²) in [5, 5.41) is 1.26. The first kappa shape index (κ1) is 19.1. The van der Waals surface area contributed by atoms with E-state index in [0.717, 1.165) is 15.6 Å². The highest BCUT2D eigenvalue weighted by atomic mass is 32.1. The van der Waals surface area contributed by atoms with Gasteiger partial charge in [0.1, 0.15) is 11.3 Å². The molecule has 0 aliphatic heterocycles. The van der Waals surface area contributed by atoms with Gasteiger partial charge in [0.05, 0.1) is 4.70 Å². The lowest BCUT2D eigenvalue weighted by Gasteiger charge is -2.15. The molecule has 8 heteroatoms. The number of aromatic nitrogens is 2. The van der Waals surface area contributed by atoms with E-state index in [4.69, 9.17) is 13.9 Å². The molecule has 0 bridgehead atoms. The van der Waals surface area contributed by atoms with Gasteiger partial charge in [0.15, 0.2) is 5.65 Å². The van der Waals surface area contributed by atoms with Crippen LogP contribution in [0.1, 0.15) is 5.56 Å². The quantitative estimate of drug-likeness (QED) is 0.347. The van der Waals surface area contributed by atoms with Crippen molar-refractivity contribution in [1.82, 2.24) is 14.9 Å². The molecule has 0 aliphatic rings. The van der Waals surface area contributed by atoms with Crippen molar-refractivity contribution < 1.29 is 18.7 Å². The van der Waals surface area contributed by atoms with Crippen LogP contribution in [0.15, 0.2) is 77.3 Å². The number of nitrogens with zero attached hydrogens (tertiary/aromatic N) is 3. The lowest BCUT2D eigenvalue weighted by molar-refractivity contribution is 0.150. The summed E-state index contributed by atoms with van der Waals surface area (Å²) in [6, 6.07) is 20.5. The Morgan fingerprint density at radius 3 is 2.81 bits per heavy atom. The Bertz CT molecular complexity index is 1330. The smallest absolute Gasteiger partial charge is 0.417 e. The van der Waals surface area contributed by atoms with Crippen molar-refractivity contribution in [1.29, 1.82) is 0 Å². The number of benzene rings is 2. The van der Waals surface area contributed by atoms with Gasteiger partial charge < -0.3 is 18.8 Å². The Morgan fingerprint density at radius 2 is 1.97 bits per heavy atom. The highest BCUT2D eigenvalue weighted by Crippen LogP contribution is 2.33. The van der Waals surface area contributed by atoms with Crippen molar-refractivity contribution in [2.45, 2.75) is 6.54 Å². The summed E-state index contributed by atoms with van der Waals surface area (Å²) in [6.07, 6.45) is 1.20. The van der Waals surface area contributed by atoms with Gasteiger partial charge in [0, 0.05) is 31.2 Å². The third-order valence-electron chi connectivity index (χ3n) is 4.58. The van der Waals surface area contributed by atoms with Crippen molar-refractivity contribution in [3.05, 3.63) is 78.5 Å². The summed E-state index contributed by atoms with van der Waals surface area (Å²) >= 11 is 1.42. The van der Waals surface area contributed by atoms with E-state index in [0.29, 0.717) is 28.7 Å². The number of thiazole rings is 1. The predicted molar refractivity (Wildman–Crippen MR) is 118 cm³/mol. The third-order valence-corrected chi connectivity index (χ3v) is 5.47. The summed E-state index contributed by atoms with van der Waals surface area (Å²) in [7, 11) is 1.68. The Morgan fingerprint density at radius 1 is 1.10 bits per heavy atom. The van der Waals surface area contributed by atoms with Gasteiger partial charge in [-0.3, -0.25) is 0 Å². The SMILES string of the molecule is CN(Cc1ccccc1)C(=O)Oc1cc2cc(Oc3nc4ncccc4s3)ccc2o1. The normalized spacial score (nSPS) is 11.0. The minimum Gasteiger partial charge on any atom is -0.431 e. The molecule has 0 N–H and O–H groups in total. The Labute approximate surface area is 181 Å². The second-order valence-electron chi connectivity index (χ2n) is 6.88. The number of carbonyl (C=O) groups excluding carboxylic acids is 1. The van der Waals surface area contributed by atoms with E-state index in [1.807, 2.05) is 48.5 Å². The van der Waals surface area contributed by atoms with Crippen LogP contribution < -0.4 is 9.47 Å². The molecule has 5 aromatic rings. The van der Waals surface area contributed by atoms with Crippen LogP contribution in [-0.4, -0.2) is 28.0 Å². The molecule has 2 aromatic carbocycles. The predicted octanol–water partition coefficient (Wildman–Crippen LogP) is 5.86. The average molecular weight is 431 g/mol. The molecular formula is C23H17N3O4S. The molecule has 5 rings (SSSR count). The van der Waals surface area contributed by atoms with Crippen LogP contribution in [0, 0.1) is 0 Å². The van der Waals surface area contributed by atoms with Crippen molar-refractivity contribution >= 4 is 38.7 Å². The number of amides is 1. The van der Waals surface area contributed by atoms with Crippen molar-refractivity contribution in [3.63, 3.8) is 0 Å². The zero-order valence-corrected chi connectivity index (χ0v) is 17.3. The molecule has 0 spiro atoms. The van der Waals surface area contributed by atoms with E-state index in [-0.39, 0.29) is 5.95 Å². The minimum atomic E-state index is -0.499. The van der Waals surface area contributed by atoms with Gasteiger partial charge >= 0.3 is 6.09 Å². The van der Waals surface area contributed by atoms with Crippen LogP contribution in [-0.2, 0) is 6.54 Å². The first-order valence-corrected chi connectivity index (χ1v) is 10.4. The van der Waals surface area contributed by atoms with Crippen LogP contribution in [0.5, 0.6) is 16.9 Å². The van der Waals surface area contributed by atoms with Gasteiger partial charge in [0.2, 0.25) is 0 Å². The van der Waals surface area contributed by atoms with E-state index in [1.165, 1.54) is 16.2 Å². The Balaban J connectivity index is 1.29. The maximum Gasteiger partial charge on any atom is 0.417 e. The van der Waals surface area contributed by atoms with E-state index in [9.17, 15) is 4.79 Å². The Kier molecular flexibility index (Phi) is 4.97. The largest absolute Gasteiger partial charge is 0.431 e. The summed E-state index contributed by atoms with van der Waals surface area (Å²) in [6.45, 7) is 0.439. The number of hydrogen-bond acceptors (Lipinski definition) is 7. The molecule has 0 aliphatic carbocycles. The summed E-state index contributed by atoms with van der Waals surface area (Å²) < 4.78 is 17.9. The molecule has 0 saturated carbocycles. The number of rotatable bonds is 5. The zero-order chi connectivity index (χ0) is 21.2. The van der Waals surface area contributed by atoms with Gasteiger partial charge in [0.25, 0.3) is 11.1 Å². The molecule has 0 radical (unpaired) electrons. The molecule has 31 heavy (non-hydrogen) atoms. The van der Waals surface area contributed by atoms with E-state index >= 15 is 0 Å². The number of ether oxygens (including phenoxy) is 2. The zero-order valence-electron chi connectivity index (χ0n) is 16.5. The number of furan rings is 1. The molecule has 1 amide bonds. The summed E-state index contributed by atoms with van der Waals surface area (Å²) in [5.74, 6) is 0.729. The lowest BCUT2D eigenvalue weighted by Crippen LogP contribution is -2.29. The van der Waals surface area contributed by atoms with Gasteiger partial charge in [-0.05, 0) is 35.9 Å². The molecule has 0 atom stereocenters. The van der Waals surface area contributed by atoms with Crippen molar-refractivity contribution in [3.8, 4) is 16.9 Å². The van der Waals surface area contributed by atoms with E-state index in [2.05, 4.69) is 9.97 Å². The monoisotopic (exact) mass is 431 g/mol. The summed E-state index contributed by atoms with van der Waals surface area (Å²) in [4.78, 5) is 22.5. The lowest BCUT2D eigenvalue weighted by atomic mass is 10.2. The second kappa shape index (κ2) is 8.08. The van der Waals surface area contributed by atoms with Crippen LogP contribution in [0.25, 0.3) is 21.3 Å². The van der Waals surface area contributed by atoms with Crippen LogP contribution in [0.3, 0.4) is 0 Å². The first-order valence-electron chi connectivity index (χ1n) is 9.54. The van der Waals surface area contributed by atoms with E-state index < -0.39 is 6.09 Å².